The first-order valence-electron chi connectivity index (χ1n) is 9.19. The molecule has 0 aromatic carbocycles. The van der Waals surface area contributed by atoms with Crippen LogP contribution in [0.5, 0.6) is 0 Å². The van der Waals surface area contributed by atoms with Crippen molar-refractivity contribution in [2.24, 2.45) is 0 Å². The lowest BCUT2D eigenvalue weighted by Crippen LogP contribution is -2.47. The summed E-state index contributed by atoms with van der Waals surface area (Å²) in [5.74, 6) is -0.271. The molecule has 1 heterocycles. The van der Waals surface area contributed by atoms with Gasteiger partial charge in [-0.1, -0.05) is 0 Å². The molecule has 1 rings (SSSR count). The highest BCUT2D eigenvalue weighted by Gasteiger charge is 2.58. The molecule has 0 spiro atoms. The summed E-state index contributed by atoms with van der Waals surface area (Å²) in [6.45, 7) is 3.96. The van der Waals surface area contributed by atoms with Gasteiger partial charge in [0.05, 0.1) is 0 Å². The zero-order valence-electron chi connectivity index (χ0n) is 16.7. The number of carbonyl (C=O) groups is 2. The number of carbonyl (C=O) groups excluding carboxylic acids is 2. The minimum absolute atomic E-state index is 0.0753. The van der Waals surface area contributed by atoms with Crippen molar-refractivity contribution in [3.63, 3.8) is 0 Å². The highest BCUT2D eigenvalue weighted by atomic mass is 31.2. The fourth-order valence-electron chi connectivity index (χ4n) is 2.89. The number of rotatable bonds is 11. The van der Waals surface area contributed by atoms with Gasteiger partial charge in [0, 0.05) is 65.1 Å². The van der Waals surface area contributed by atoms with Crippen molar-refractivity contribution in [2.75, 3.05) is 52.9 Å². The molecule has 1 aliphatic heterocycles. The number of likely N-dealkylation sites (N-methyl/N-ethyl adjacent to an activating group) is 1. The average Bonchev–Trinajstić information content (AvgIpc) is 2.58. The molecule has 1 amide bonds. The standard InChI is InChI=1S/C15H31N3O9P2/c1-13(19)3-6-17(7-4-14(20)18-11-9-16(2)10-12-18)8-5-15(21,28(22,23)24)29(25,26)27/h21H,3-12H2,1-2H3,(H2,22,23,24)(H2,25,26,27). The van der Waals surface area contributed by atoms with Crippen molar-refractivity contribution in [3.8, 4) is 0 Å². The second-order valence-corrected chi connectivity index (χ2v) is 11.3. The van der Waals surface area contributed by atoms with Crippen LogP contribution in [0.2, 0.25) is 0 Å². The summed E-state index contributed by atoms with van der Waals surface area (Å²) in [4.78, 5) is 65.9. The topological polar surface area (TPSA) is 179 Å². The Kier molecular flexibility index (Phi) is 9.60. The summed E-state index contributed by atoms with van der Waals surface area (Å²) < 4.78 is 23.0. The molecule has 0 aliphatic carbocycles. The molecule has 0 saturated carbocycles. The average molecular weight is 459 g/mol. The Labute approximate surface area is 169 Å². The first-order chi connectivity index (χ1) is 13.2. The van der Waals surface area contributed by atoms with Gasteiger partial charge in [-0.3, -0.25) is 18.7 Å². The van der Waals surface area contributed by atoms with Crippen molar-refractivity contribution >= 4 is 26.9 Å². The minimum atomic E-state index is -5.55. The van der Waals surface area contributed by atoms with E-state index in [9.17, 15) is 43.4 Å². The summed E-state index contributed by atoms with van der Waals surface area (Å²) in [7, 11) is -9.15. The van der Waals surface area contributed by atoms with Crippen molar-refractivity contribution in [1.82, 2.24) is 14.7 Å². The molecule has 29 heavy (non-hydrogen) atoms. The zero-order chi connectivity index (χ0) is 22.5. The molecule has 14 heteroatoms. The largest absolute Gasteiger partial charge is 0.369 e. The SMILES string of the molecule is CC(=O)CCN(CCC(=O)N1CCN(C)CC1)CCC(O)(P(=O)(O)O)P(=O)(O)O. The Hall–Kier alpha value is -0.680. The Morgan fingerprint density at radius 3 is 1.86 bits per heavy atom. The molecule has 12 nitrogen and oxygen atoms in total. The Morgan fingerprint density at radius 1 is 0.931 bits per heavy atom. The normalized spacial score (nSPS) is 17.0. The van der Waals surface area contributed by atoms with Crippen molar-refractivity contribution in [2.45, 2.75) is 31.3 Å². The van der Waals surface area contributed by atoms with Gasteiger partial charge in [0.1, 0.15) is 5.78 Å². The van der Waals surface area contributed by atoms with Gasteiger partial charge in [-0.25, -0.2) is 0 Å². The smallest absolute Gasteiger partial charge is 0.367 e. The summed E-state index contributed by atoms with van der Waals surface area (Å²) >= 11 is 0. The van der Waals surface area contributed by atoms with Crippen LogP contribution in [-0.4, -0.2) is 109 Å². The van der Waals surface area contributed by atoms with E-state index in [-0.39, 0.29) is 44.2 Å². The fraction of sp³-hybridized carbons (Fsp3) is 0.867. The second-order valence-electron chi connectivity index (χ2n) is 7.34. The van der Waals surface area contributed by atoms with Gasteiger partial charge in [0.2, 0.25) is 5.91 Å². The van der Waals surface area contributed by atoms with Crippen LogP contribution in [-0.2, 0) is 18.7 Å². The molecule has 170 valence electrons. The molecule has 1 saturated heterocycles. The Bertz CT molecular complexity index is 648. The van der Waals surface area contributed by atoms with Gasteiger partial charge in [0.15, 0.2) is 0 Å². The van der Waals surface area contributed by atoms with E-state index in [4.69, 9.17) is 0 Å². The van der Waals surface area contributed by atoms with E-state index in [1.54, 1.807) is 4.90 Å². The molecule has 1 fully saturated rings. The lowest BCUT2D eigenvalue weighted by atomic mass is 10.2. The molecule has 0 atom stereocenters. The highest BCUT2D eigenvalue weighted by Crippen LogP contribution is 2.68. The van der Waals surface area contributed by atoms with Gasteiger partial charge in [-0.15, -0.1) is 0 Å². The third-order valence-electron chi connectivity index (χ3n) is 4.97. The minimum Gasteiger partial charge on any atom is -0.367 e. The van der Waals surface area contributed by atoms with Crippen molar-refractivity contribution in [3.05, 3.63) is 0 Å². The van der Waals surface area contributed by atoms with Crippen LogP contribution in [0.4, 0.5) is 0 Å². The van der Waals surface area contributed by atoms with Crippen LogP contribution in [0, 0.1) is 0 Å². The third-order valence-corrected chi connectivity index (χ3v) is 8.85. The van der Waals surface area contributed by atoms with Crippen LogP contribution < -0.4 is 0 Å². The number of piperazine rings is 1. The van der Waals surface area contributed by atoms with E-state index in [2.05, 4.69) is 4.90 Å². The van der Waals surface area contributed by atoms with E-state index in [1.807, 2.05) is 7.05 Å². The van der Waals surface area contributed by atoms with Gasteiger partial charge in [-0.05, 0) is 14.0 Å². The predicted molar refractivity (Wildman–Crippen MR) is 104 cm³/mol. The molecule has 0 aromatic rings. The van der Waals surface area contributed by atoms with Crippen molar-refractivity contribution in [1.29, 1.82) is 0 Å². The number of amides is 1. The Morgan fingerprint density at radius 2 is 1.41 bits per heavy atom. The lowest BCUT2D eigenvalue weighted by Gasteiger charge is -2.34. The van der Waals surface area contributed by atoms with E-state index in [1.165, 1.54) is 11.8 Å². The number of ketones is 1. The fourth-order valence-corrected chi connectivity index (χ4v) is 5.03. The maximum atomic E-state index is 12.4. The molecule has 0 bridgehead atoms. The van der Waals surface area contributed by atoms with E-state index in [0.717, 1.165) is 13.1 Å². The van der Waals surface area contributed by atoms with Crippen LogP contribution in [0.15, 0.2) is 0 Å². The number of nitrogens with zero attached hydrogens (tertiary/aromatic N) is 3. The van der Waals surface area contributed by atoms with Gasteiger partial charge < -0.3 is 39.4 Å². The first kappa shape index (κ1) is 26.4. The number of hydrogen-bond acceptors (Lipinski definition) is 7. The van der Waals surface area contributed by atoms with E-state index in [0.29, 0.717) is 13.1 Å². The molecule has 0 unspecified atom stereocenters. The highest BCUT2D eigenvalue weighted by molar-refractivity contribution is 7.72. The maximum absolute atomic E-state index is 12.4. The number of aliphatic hydroxyl groups is 1. The number of hydrogen-bond donors (Lipinski definition) is 5. The predicted octanol–water partition coefficient (Wildman–Crippen LogP) is -1.18. The quantitative estimate of drug-likeness (QED) is 0.235. The van der Waals surface area contributed by atoms with Gasteiger partial charge in [-0.2, -0.15) is 0 Å². The summed E-state index contributed by atoms with van der Waals surface area (Å²) in [5, 5.41) is 6.50. The summed E-state index contributed by atoms with van der Waals surface area (Å²) in [5.41, 5.74) is 0. The summed E-state index contributed by atoms with van der Waals surface area (Å²) in [6.07, 6.45) is -0.749. The first-order valence-corrected chi connectivity index (χ1v) is 12.4. The van der Waals surface area contributed by atoms with Crippen molar-refractivity contribution < 1.29 is 43.4 Å². The van der Waals surface area contributed by atoms with E-state index < -0.39 is 26.7 Å². The van der Waals surface area contributed by atoms with Gasteiger partial charge >= 0.3 is 15.2 Å². The molecule has 0 radical (unpaired) electrons. The van der Waals surface area contributed by atoms with Crippen LogP contribution in [0.1, 0.15) is 26.2 Å². The second kappa shape index (κ2) is 10.6. The monoisotopic (exact) mass is 459 g/mol. The third kappa shape index (κ3) is 7.82. The zero-order valence-corrected chi connectivity index (χ0v) is 18.5. The van der Waals surface area contributed by atoms with E-state index >= 15 is 0 Å². The lowest BCUT2D eigenvalue weighted by molar-refractivity contribution is -0.133. The van der Waals surface area contributed by atoms with Crippen LogP contribution >= 0.6 is 15.2 Å². The molecular formula is C15H31N3O9P2. The molecule has 1 aliphatic rings. The van der Waals surface area contributed by atoms with Crippen LogP contribution in [0.3, 0.4) is 0 Å². The molecule has 0 aromatic heterocycles. The Balaban J connectivity index is 2.76. The molecule has 5 N–H and O–H groups in total. The summed E-state index contributed by atoms with van der Waals surface area (Å²) in [6, 6.07) is 0. The molecular weight excluding hydrogens is 428 g/mol. The number of Topliss-reactive ketones (excluding diaryl/α,β-unsaturated/α-hetero) is 1. The van der Waals surface area contributed by atoms with Crippen LogP contribution in [0.25, 0.3) is 0 Å². The maximum Gasteiger partial charge on any atom is 0.369 e. The van der Waals surface area contributed by atoms with Gasteiger partial charge in [0.25, 0.3) is 5.08 Å².